The van der Waals surface area contributed by atoms with Crippen LogP contribution in [0.1, 0.15) is 31.6 Å². The zero-order valence-electron chi connectivity index (χ0n) is 14.4. The van der Waals surface area contributed by atoms with E-state index in [0.29, 0.717) is 12.2 Å². The summed E-state index contributed by atoms with van der Waals surface area (Å²) in [5, 5.41) is 13.1. The van der Waals surface area contributed by atoms with Crippen LogP contribution in [-0.4, -0.2) is 24.7 Å². The molecule has 0 bridgehead atoms. The van der Waals surface area contributed by atoms with E-state index in [0.717, 1.165) is 17.7 Å². The number of carbonyl (C=O) groups is 1. The van der Waals surface area contributed by atoms with Crippen molar-refractivity contribution in [3.8, 4) is 5.75 Å². The molecule has 2 N–H and O–H groups in total. The molecule has 0 spiro atoms. The number of aliphatic hydroxyl groups is 1. The third kappa shape index (κ3) is 4.86. The summed E-state index contributed by atoms with van der Waals surface area (Å²) in [6.07, 6.45) is 2.64. The maximum atomic E-state index is 12.1. The topological polar surface area (TPSA) is 71.7 Å². The maximum Gasteiger partial charge on any atom is 0.220 e. The van der Waals surface area contributed by atoms with Crippen LogP contribution in [0.25, 0.3) is 0 Å². The molecule has 0 saturated carbocycles. The highest BCUT2D eigenvalue weighted by atomic mass is 16.5. The van der Waals surface area contributed by atoms with Gasteiger partial charge in [0.25, 0.3) is 0 Å². The third-order valence-electron chi connectivity index (χ3n) is 3.98. The van der Waals surface area contributed by atoms with Crippen molar-refractivity contribution in [2.45, 2.75) is 32.3 Å². The van der Waals surface area contributed by atoms with Gasteiger partial charge in [-0.1, -0.05) is 25.1 Å². The molecule has 0 aliphatic rings. The molecular formula is C19H25NO4. The van der Waals surface area contributed by atoms with Gasteiger partial charge < -0.3 is 19.6 Å². The van der Waals surface area contributed by atoms with Crippen LogP contribution in [0.5, 0.6) is 5.75 Å². The fraction of sp³-hybridized carbons (Fsp3) is 0.421. The number of ether oxygens (including phenoxy) is 1. The number of benzene rings is 1. The van der Waals surface area contributed by atoms with Gasteiger partial charge in [0, 0.05) is 6.42 Å². The van der Waals surface area contributed by atoms with Gasteiger partial charge in [-0.25, -0.2) is 0 Å². The predicted molar refractivity (Wildman–Crippen MR) is 91.8 cm³/mol. The molecule has 0 saturated heterocycles. The first-order valence-electron chi connectivity index (χ1n) is 8.07. The molecule has 24 heavy (non-hydrogen) atoms. The van der Waals surface area contributed by atoms with Crippen LogP contribution >= 0.6 is 0 Å². The molecule has 1 aromatic carbocycles. The largest absolute Gasteiger partial charge is 0.496 e. The molecule has 2 unspecified atom stereocenters. The molecular weight excluding hydrogens is 306 g/mol. The van der Waals surface area contributed by atoms with Crippen LogP contribution < -0.4 is 10.1 Å². The second kappa shape index (κ2) is 8.02. The zero-order chi connectivity index (χ0) is 17.6. The average Bonchev–Trinajstić information content (AvgIpc) is 3.09. The standard InChI is InChI=1S/C19H25NO4/c1-14(11-15-7-4-5-8-16(15)23-3)12-18(21)20-13-19(2,22)17-9-6-10-24-17/h4-10,14,22H,11-13H2,1-3H3,(H,20,21). The summed E-state index contributed by atoms with van der Waals surface area (Å²) < 4.78 is 10.5. The summed E-state index contributed by atoms with van der Waals surface area (Å²) in [5.74, 6) is 1.34. The Bertz CT molecular complexity index is 649. The first-order chi connectivity index (χ1) is 11.4. The van der Waals surface area contributed by atoms with Crippen molar-refractivity contribution >= 4 is 5.91 Å². The molecule has 0 radical (unpaired) electrons. The minimum absolute atomic E-state index is 0.0933. The lowest BCUT2D eigenvalue weighted by Gasteiger charge is -2.22. The summed E-state index contributed by atoms with van der Waals surface area (Å²) in [6.45, 7) is 3.75. The first-order valence-corrected chi connectivity index (χ1v) is 8.07. The molecule has 2 rings (SSSR count). The summed E-state index contributed by atoms with van der Waals surface area (Å²) in [4.78, 5) is 12.1. The number of hydrogen-bond donors (Lipinski definition) is 2. The molecule has 0 fully saturated rings. The minimum atomic E-state index is -1.22. The molecule has 1 aromatic heterocycles. The number of nitrogens with one attached hydrogen (secondary N) is 1. The molecule has 5 heteroatoms. The molecule has 1 heterocycles. The smallest absolute Gasteiger partial charge is 0.220 e. The Morgan fingerprint density at radius 3 is 2.75 bits per heavy atom. The lowest BCUT2D eigenvalue weighted by Crippen LogP contribution is -2.38. The van der Waals surface area contributed by atoms with Crippen molar-refractivity contribution in [2.75, 3.05) is 13.7 Å². The van der Waals surface area contributed by atoms with Gasteiger partial charge in [-0.2, -0.15) is 0 Å². The van der Waals surface area contributed by atoms with Crippen molar-refractivity contribution in [2.24, 2.45) is 5.92 Å². The number of furan rings is 1. The van der Waals surface area contributed by atoms with Gasteiger partial charge >= 0.3 is 0 Å². The summed E-state index contributed by atoms with van der Waals surface area (Å²) in [7, 11) is 1.65. The fourth-order valence-corrected chi connectivity index (χ4v) is 2.65. The Kier molecular flexibility index (Phi) is 6.04. The van der Waals surface area contributed by atoms with E-state index in [1.54, 1.807) is 26.2 Å². The van der Waals surface area contributed by atoms with Gasteiger partial charge in [0.05, 0.1) is 19.9 Å². The van der Waals surface area contributed by atoms with E-state index < -0.39 is 5.60 Å². The van der Waals surface area contributed by atoms with Crippen LogP contribution in [0.15, 0.2) is 47.1 Å². The average molecular weight is 331 g/mol. The van der Waals surface area contributed by atoms with E-state index in [-0.39, 0.29) is 18.4 Å². The highest BCUT2D eigenvalue weighted by molar-refractivity contribution is 5.76. The van der Waals surface area contributed by atoms with Gasteiger partial charge in [0.2, 0.25) is 5.91 Å². The molecule has 130 valence electrons. The SMILES string of the molecule is COc1ccccc1CC(C)CC(=O)NCC(C)(O)c1ccco1. The number of carbonyl (C=O) groups excluding carboxylic acids is 1. The molecule has 1 amide bonds. The number of methoxy groups -OCH3 is 1. The van der Waals surface area contributed by atoms with Crippen LogP contribution in [0.2, 0.25) is 0 Å². The van der Waals surface area contributed by atoms with Crippen molar-refractivity contribution in [3.05, 3.63) is 54.0 Å². The quantitative estimate of drug-likeness (QED) is 0.780. The van der Waals surface area contributed by atoms with Crippen LogP contribution in [0.3, 0.4) is 0 Å². The van der Waals surface area contributed by atoms with E-state index in [4.69, 9.17) is 9.15 Å². The Hall–Kier alpha value is -2.27. The maximum absolute atomic E-state index is 12.1. The van der Waals surface area contributed by atoms with E-state index in [1.807, 2.05) is 31.2 Å². The van der Waals surface area contributed by atoms with Crippen LogP contribution in [0.4, 0.5) is 0 Å². The molecule has 2 atom stereocenters. The third-order valence-corrected chi connectivity index (χ3v) is 3.98. The second-order valence-electron chi connectivity index (χ2n) is 6.35. The highest BCUT2D eigenvalue weighted by Gasteiger charge is 2.27. The number of rotatable bonds is 8. The number of amides is 1. The van der Waals surface area contributed by atoms with E-state index in [2.05, 4.69) is 5.32 Å². The predicted octanol–water partition coefficient (Wildman–Crippen LogP) is 2.88. The zero-order valence-corrected chi connectivity index (χ0v) is 14.4. The molecule has 2 aromatic rings. The normalized spacial score (nSPS) is 14.7. The molecule has 0 aliphatic heterocycles. The second-order valence-corrected chi connectivity index (χ2v) is 6.35. The minimum Gasteiger partial charge on any atom is -0.496 e. The van der Waals surface area contributed by atoms with E-state index >= 15 is 0 Å². The number of hydrogen-bond acceptors (Lipinski definition) is 4. The Morgan fingerprint density at radius 2 is 2.08 bits per heavy atom. The summed E-state index contributed by atoms with van der Waals surface area (Å²) >= 11 is 0. The van der Waals surface area contributed by atoms with Gasteiger partial charge in [-0.15, -0.1) is 0 Å². The lowest BCUT2D eigenvalue weighted by atomic mass is 9.96. The van der Waals surface area contributed by atoms with Crippen LogP contribution in [-0.2, 0) is 16.8 Å². The Balaban J connectivity index is 1.83. The van der Waals surface area contributed by atoms with Crippen molar-refractivity contribution < 1.29 is 19.1 Å². The summed E-state index contributed by atoms with van der Waals surface area (Å²) in [6, 6.07) is 11.2. The molecule has 5 nitrogen and oxygen atoms in total. The molecule has 0 aliphatic carbocycles. The van der Waals surface area contributed by atoms with Crippen molar-refractivity contribution in [3.63, 3.8) is 0 Å². The Labute approximate surface area is 142 Å². The van der Waals surface area contributed by atoms with Gasteiger partial charge in [0.1, 0.15) is 17.1 Å². The monoisotopic (exact) mass is 331 g/mol. The van der Waals surface area contributed by atoms with E-state index in [9.17, 15) is 9.90 Å². The van der Waals surface area contributed by atoms with Gasteiger partial charge in [0.15, 0.2) is 0 Å². The van der Waals surface area contributed by atoms with Crippen molar-refractivity contribution in [1.82, 2.24) is 5.32 Å². The van der Waals surface area contributed by atoms with Crippen molar-refractivity contribution in [1.29, 1.82) is 0 Å². The first kappa shape index (κ1) is 18.1. The fourth-order valence-electron chi connectivity index (χ4n) is 2.65. The Morgan fingerprint density at radius 1 is 1.33 bits per heavy atom. The summed E-state index contributed by atoms with van der Waals surface area (Å²) in [5.41, 5.74) is -0.131. The van der Waals surface area contributed by atoms with Gasteiger partial charge in [-0.3, -0.25) is 4.79 Å². The van der Waals surface area contributed by atoms with Crippen LogP contribution in [0, 0.1) is 5.92 Å². The lowest BCUT2D eigenvalue weighted by molar-refractivity contribution is -0.123. The highest BCUT2D eigenvalue weighted by Crippen LogP contribution is 2.23. The number of para-hydroxylation sites is 1. The van der Waals surface area contributed by atoms with Gasteiger partial charge in [-0.05, 0) is 43.0 Å². The van der Waals surface area contributed by atoms with E-state index in [1.165, 1.54) is 6.26 Å².